The molecule has 0 heterocycles. The molecule has 0 N–H and O–H groups in total. The molecule has 0 spiro atoms. The summed E-state index contributed by atoms with van der Waals surface area (Å²) >= 11 is 0. The topological polar surface area (TPSA) is 78.9 Å². The molecule has 0 aromatic carbocycles. The Kier molecular flexibility index (Phi) is 46.2. The summed E-state index contributed by atoms with van der Waals surface area (Å²) in [7, 11) is 0. The fourth-order valence-corrected chi connectivity index (χ4v) is 8.40. The van der Waals surface area contributed by atoms with Crippen LogP contribution in [0.2, 0.25) is 0 Å². The van der Waals surface area contributed by atoms with Crippen molar-refractivity contribution in [2.24, 2.45) is 17.8 Å². The number of hydrogen-bond donors (Lipinski definition) is 0. The van der Waals surface area contributed by atoms with Crippen LogP contribution in [0, 0.1) is 17.8 Å². The van der Waals surface area contributed by atoms with Crippen molar-refractivity contribution >= 4 is 17.9 Å². The average Bonchev–Trinajstić information content (AvgIpc) is 3.26. The zero-order chi connectivity index (χ0) is 45.6. The lowest BCUT2D eigenvalue weighted by molar-refractivity contribution is -0.167. The number of carbonyl (C=O) groups is 3. The third kappa shape index (κ3) is 46.4. The maximum atomic E-state index is 12.8. The molecule has 368 valence electrons. The molecule has 0 amide bonds. The first-order valence-corrected chi connectivity index (χ1v) is 27.7. The van der Waals surface area contributed by atoms with Gasteiger partial charge in [-0.1, -0.05) is 266 Å². The summed E-state index contributed by atoms with van der Waals surface area (Å²) in [6.45, 7) is 13.8. The molecular formula is C56H108O6. The highest BCUT2D eigenvalue weighted by atomic mass is 16.6. The summed E-state index contributed by atoms with van der Waals surface area (Å²) in [5.74, 6) is 1.72. The number of rotatable bonds is 49. The maximum Gasteiger partial charge on any atom is 0.306 e. The zero-order valence-corrected chi connectivity index (χ0v) is 42.7. The number of unbranched alkanes of at least 4 members (excludes halogenated alkanes) is 30. The van der Waals surface area contributed by atoms with Crippen LogP contribution >= 0.6 is 0 Å². The highest BCUT2D eigenvalue weighted by Gasteiger charge is 2.19. The van der Waals surface area contributed by atoms with Gasteiger partial charge in [-0.3, -0.25) is 14.4 Å². The summed E-state index contributed by atoms with van der Waals surface area (Å²) < 4.78 is 16.9. The first-order chi connectivity index (χ1) is 30.2. The average molecular weight is 877 g/mol. The van der Waals surface area contributed by atoms with Gasteiger partial charge in [0.1, 0.15) is 13.2 Å². The van der Waals surface area contributed by atoms with Gasteiger partial charge < -0.3 is 14.2 Å². The highest BCUT2D eigenvalue weighted by Crippen LogP contribution is 2.19. The number of ether oxygens (including phenoxy) is 3. The molecule has 0 fully saturated rings. The Morgan fingerprint density at radius 3 is 0.839 bits per heavy atom. The molecule has 0 aliphatic rings. The van der Waals surface area contributed by atoms with Gasteiger partial charge in [0.2, 0.25) is 0 Å². The van der Waals surface area contributed by atoms with Crippen molar-refractivity contribution in [2.45, 2.75) is 311 Å². The van der Waals surface area contributed by atoms with Gasteiger partial charge in [0.25, 0.3) is 0 Å². The Hall–Kier alpha value is -1.59. The van der Waals surface area contributed by atoms with Gasteiger partial charge in [-0.25, -0.2) is 0 Å². The van der Waals surface area contributed by atoms with E-state index in [-0.39, 0.29) is 31.1 Å². The Morgan fingerprint density at radius 1 is 0.323 bits per heavy atom. The third-order valence-electron chi connectivity index (χ3n) is 13.4. The van der Waals surface area contributed by atoms with Gasteiger partial charge in [0, 0.05) is 19.3 Å². The van der Waals surface area contributed by atoms with Crippen molar-refractivity contribution in [3.05, 3.63) is 0 Å². The van der Waals surface area contributed by atoms with Crippen LogP contribution in [0.4, 0.5) is 0 Å². The van der Waals surface area contributed by atoms with E-state index in [2.05, 4.69) is 41.5 Å². The molecule has 0 aliphatic heterocycles. The van der Waals surface area contributed by atoms with E-state index in [1.165, 1.54) is 186 Å². The number of hydrogen-bond acceptors (Lipinski definition) is 6. The molecule has 0 rings (SSSR count). The first-order valence-electron chi connectivity index (χ1n) is 27.7. The van der Waals surface area contributed by atoms with Gasteiger partial charge in [-0.15, -0.1) is 0 Å². The highest BCUT2D eigenvalue weighted by molar-refractivity contribution is 5.71. The molecule has 6 heteroatoms. The molecule has 0 saturated carbocycles. The van der Waals surface area contributed by atoms with Crippen LogP contribution in [-0.2, 0) is 28.6 Å². The molecule has 62 heavy (non-hydrogen) atoms. The van der Waals surface area contributed by atoms with Crippen LogP contribution in [0.15, 0.2) is 0 Å². The molecule has 0 saturated heterocycles. The van der Waals surface area contributed by atoms with Gasteiger partial charge in [-0.2, -0.15) is 0 Å². The molecular weight excluding hydrogens is 769 g/mol. The SMILES string of the molecule is CCC(C)CCCCCCCCCCCCCCCCC(=O)O[C@H](COC(=O)CCCCCCCCCCCCC(C)CC)COC(=O)CCCCCCCCCCCC(C)C. The van der Waals surface area contributed by atoms with Crippen molar-refractivity contribution in [3.8, 4) is 0 Å². The molecule has 3 atom stereocenters. The Bertz CT molecular complexity index is 964. The maximum absolute atomic E-state index is 12.8. The summed E-state index contributed by atoms with van der Waals surface area (Å²) in [5.41, 5.74) is 0. The second-order valence-corrected chi connectivity index (χ2v) is 20.2. The van der Waals surface area contributed by atoms with Crippen LogP contribution in [-0.4, -0.2) is 37.2 Å². The molecule has 0 radical (unpaired) electrons. The zero-order valence-electron chi connectivity index (χ0n) is 42.7. The fourth-order valence-electron chi connectivity index (χ4n) is 8.40. The fraction of sp³-hybridized carbons (Fsp3) is 0.946. The Labute approximate surface area is 387 Å². The molecule has 6 nitrogen and oxygen atoms in total. The first kappa shape index (κ1) is 60.4. The van der Waals surface area contributed by atoms with Crippen LogP contribution in [0.5, 0.6) is 0 Å². The summed E-state index contributed by atoms with van der Waals surface area (Å²) in [6.07, 6.45) is 47.9. The summed E-state index contributed by atoms with van der Waals surface area (Å²) in [4.78, 5) is 38.0. The Balaban J connectivity index is 4.31. The predicted molar refractivity (Wildman–Crippen MR) is 266 cm³/mol. The predicted octanol–water partition coefficient (Wildman–Crippen LogP) is 17.9. The minimum absolute atomic E-state index is 0.0644. The van der Waals surface area contributed by atoms with Gasteiger partial charge in [0.05, 0.1) is 0 Å². The Morgan fingerprint density at radius 2 is 0.565 bits per heavy atom. The molecule has 2 unspecified atom stereocenters. The van der Waals surface area contributed by atoms with Crippen LogP contribution in [0.1, 0.15) is 305 Å². The van der Waals surface area contributed by atoms with Crippen molar-refractivity contribution in [1.82, 2.24) is 0 Å². The van der Waals surface area contributed by atoms with E-state index in [4.69, 9.17) is 14.2 Å². The minimum atomic E-state index is -0.763. The van der Waals surface area contributed by atoms with E-state index >= 15 is 0 Å². The number of carbonyl (C=O) groups excluding carboxylic acids is 3. The van der Waals surface area contributed by atoms with E-state index in [9.17, 15) is 14.4 Å². The molecule has 0 aromatic rings. The molecule has 0 aliphatic carbocycles. The monoisotopic (exact) mass is 877 g/mol. The van der Waals surface area contributed by atoms with Crippen LogP contribution in [0.25, 0.3) is 0 Å². The van der Waals surface area contributed by atoms with E-state index in [1.807, 2.05) is 0 Å². The largest absolute Gasteiger partial charge is 0.462 e. The second-order valence-electron chi connectivity index (χ2n) is 20.2. The van der Waals surface area contributed by atoms with Crippen molar-refractivity contribution in [3.63, 3.8) is 0 Å². The van der Waals surface area contributed by atoms with Crippen molar-refractivity contribution in [1.29, 1.82) is 0 Å². The lowest BCUT2D eigenvalue weighted by atomic mass is 9.99. The van der Waals surface area contributed by atoms with Gasteiger partial charge in [0.15, 0.2) is 6.10 Å². The number of esters is 3. The lowest BCUT2D eigenvalue weighted by Crippen LogP contribution is -2.30. The van der Waals surface area contributed by atoms with Crippen LogP contribution in [0.3, 0.4) is 0 Å². The molecule has 0 bridgehead atoms. The lowest BCUT2D eigenvalue weighted by Gasteiger charge is -2.18. The molecule has 0 aromatic heterocycles. The minimum Gasteiger partial charge on any atom is -0.462 e. The van der Waals surface area contributed by atoms with E-state index in [0.29, 0.717) is 19.3 Å². The standard InChI is InChI=1S/C56H108O6/c1-7-51(5)43-37-31-25-19-13-11-9-10-12-14-22-29-35-41-47-56(59)62-53(49-61-55(58)46-40-34-28-23-17-18-24-30-36-42-50(3)4)48-60-54(57)45-39-33-27-21-16-15-20-26-32-38-44-52(6)8-2/h50-53H,7-49H2,1-6H3/t51?,52?,53-/m1/s1. The third-order valence-corrected chi connectivity index (χ3v) is 13.4. The smallest absolute Gasteiger partial charge is 0.306 e. The van der Waals surface area contributed by atoms with E-state index in [1.54, 1.807) is 0 Å². The van der Waals surface area contributed by atoms with E-state index in [0.717, 1.165) is 75.5 Å². The summed E-state index contributed by atoms with van der Waals surface area (Å²) in [5, 5.41) is 0. The van der Waals surface area contributed by atoms with Crippen molar-refractivity contribution in [2.75, 3.05) is 13.2 Å². The van der Waals surface area contributed by atoms with Crippen molar-refractivity contribution < 1.29 is 28.6 Å². The second kappa shape index (κ2) is 47.4. The van der Waals surface area contributed by atoms with E-state index < -0.39 is 6.10 Å². The van der Waals surface area contributed by atoms with Gasteiger partial charge in [-0.05, 0) is 37.0 Å². The van der Waals surface area contributed by atoms with Gasteiger partial charge >= 0.3 is 17.9 Å². The van der Waals surface area contributed by atoms with Crippen LogP contribution < -0.4 is 0 Å². The summed E-state index contributed by atoms with van der Waals surface area (Å²) in [6, 6.07) is 0. The quantitative estimate of drug-likeness (QED) is 0.0344. The normalized spacial score (nSPS) is 13.0.